The van der Waals surface area contributed by atoms with E-state index in [0.29, 0.717) is 17.0 Å². The fourth-order valence-corrected chi connectivity index (χ4v) is 3.22. The minimum atomic E-state index is -0.614. The molecule has 0 aromatic heterocycles. The Morgan fingerprint density at radius 2 is 1.81 bits per heavy atom. The van der Waals surface area contributed by atoms with Crippen molar-refractivity contribution >= 4 is 23.3 Å². The highest BCUT2D eigenvalue weighted by Gasteiger charge is 2.37. The van der Waals surface area contributed by atoms with Crippen LogP contribution in [0.3, 0.4) is 0 Å². The molecule has 1 aliphatic rings. The molecule has 0 radical (unpaired) electrons. The zero-order valence-electron chi connectivity index (χ0n) is 15.4. The van der Waals surface area contributed by atoms with Gasteiger partial charge in [0.25, 0.3) is 5.69 Å². The van der Waals surface area contributed by atoms with Gasteiger partial charge in [0.15, 0.2) is 0 Å². The molecule has 27 heavy (non-hydrogen) atoms. The Bertz CT molecular complexity index is 918. The fourth-order valence-electron chi connectivity index (χ4n) is 3.22. The highest BCUT2D eigenvalue weighted by Crippen LogP contribution is 2.31. The maximum atomic E-state index is 12.6. The molecule has 3 rings (SSSR count). The Labute approximate surface area is 156 Å². The van der Waals surface area contributed by atoms with E-state index in [1.807, 2.05) is 32.0 Å². The first-order valence-electron chi connectivity index (χ1n) is 8.61. The van der Waals surface area contributed by atoms with Gasteiger partial charge in [-0.3, -0.25) is 19.7 Å². The van der Waals surface area contributed by atoms with E-state index in [-0.39, 0.29) is 24.6 Å². The molecule has 7 nitrogen and oxygen atoms in total. The smallest absolute Gasteiger partial charge is 0.316 e. The summed E-state index contributed by atoms with van der Waals surface area (Å²) in [6.45, 7) is 5.49. The maximum Gasteiger partial charge on any atom is 0.316 e. The van der Waals surface area contributed by atoms with Gasteiger partial charge in [-0.1, -0.05) is 24.3 Å². The summed E-state index contributed by atoms with van der Waals surface area (Å²) in [6, 6.07) is 10.2. The molecule has 0 aliphatic carbocycles. The van der Waals surface area contributed by atoms with Gasteiger partial charge in [-0.05, 0) is 38.0 Å². The molecule has 2 aromatic carbocycles. The molecular formula is C20H20N2O5. The Morgan fingerprint density at radius 3 is 2.44 bits per heavy atom. The zero-order valence-corrected chi connectivity index (χ0v) is 15.4. The molecule has 140 valence electrons. The summed E-state index contributed by atoms with van der Waals surface area (Å²) in [5.41, 5.74) is 2.57. The summed E-state index contributed by atoms with van der Waals surface area (Å²) < 4.78 is 5.55. The summed E-state index contributed by atoms with van der Waals surface area (Å²) in [5.74, 6) is -0.822. The minimum Gasteiger partial charge on any atom is -0.426 e. The lowest BCUT2D eigenvalue weighted by Gasteiger charge is -2.17. The lowest BCUT2D eigenvalue weighted by Crippen LogP contribution is -2.27. The van der Waals surface area contributed by atoms with Crippen molar-refractivity contribution in [3.05, 3.63) is 63.2 Å². The first-order chi connectivity index (χ1) is 12.8. The van der Waals surface area contributed by atoms with Crippen LogP contribution in [0.15, 0.2) is 36.4 Å². The van der Waals surface area contributed by atoms with Gasteiger partial charge in [0, 0.05) is 24.6 Å². The molecular weight excluding hydrogens is 348 g/mol. The molecule has 0 spiro atoms. The average Bonchev–Trinajstić information content (AvgIpc) is 3.00. The monoisotopic (exact) mass is 368 g/mol. The van der Waals surface area contributed by atoms with Crippen LogP contribution >= 0.6 is 0 Å². The van der Waals surface area contributed by atoms with Crippen molar-refractivity contribution in [1.29, 1.82) is 0 Å². The topological polar surface area (TPSA) is 89.8 Å². The predicted octanol–water partition coefficient (Wildman–Crippen LogP) is 3.48. The van der Waals surface area contributed by atoms with E-state index in [1.54, 1.807) is 19.1 Å². The van der Waals surface area contributed by atoms with Gasteiger partial charge in [-0.15, -0.1) is 0 Å². The van der Waals surface area contributed by atoms with Crippen LogP contribution in [0, 0.1) is 36.8 Å². The molecule has 1 aliphatic heterocycles. The van der Waals surface area contributed by atoms with E-state index in [1.165, 1.54) is 11.0 Å². The van der Waals surface area contributed by atoms with E-state index in [2.05, 4.69) is 0 Å². The number of para-hydroxylation sites is 1. The number of esters is 1. The molecule has 1 heterocycles. The van der Waals surface area contributed by atoms with E-state index < -0.39 is 16.8 Å². The Hall–Kier alpha value is -3.22. The number of ether oxygens (including phenoxy) is 1. The van der Waals surface area contributed by atoms with Gasteiger partial charge in [-0.2, -0.15) is 0 Å². The third kappa shape index (κ3) is 3.67. The molecule has 0 N–H and O–H groups in total. The van der Waals surface area contributed by atoms with Crippen LogP contribution in [0.4, 0.5) is 11.4 Å². The largest absolute Gasteiger partial charge is 0.426 e. The second-order valence-corrected chi connectivity index (χ2v) is 6.78. The number of hydrogen-bond acceptors (Lipinski definition) is 5. The maximum absolute atomic E-state index is 12.6. The molecule has 1 atom stereocenters. The summed E-state index contributed by atoms with van der Waals surface area (Å²) in [5, 5.41) is 11.1. The molecule has 0 bridgehead atoms. The fraction of sp³-hybridized carbons (Fsp3) is 0.300. The molecule has 7 heteroatoms. The second-order valence-electron chi connectivity index (χ2n) is 6.78. The first-order valence-corrected chi connectivity index (χ1v) is 8.61. The van der Waals surface area contributed by atoms with Crippen LogP contribution in [-0.2, 0) is 9.59 Å². The van der Waals surface area contributed by atoms with E-state index in [0.717, 1.165) is 11.1 Å². The Balaban J connectivity index is 1.78. The van der Waals surface area contributed by atoms with Crippen molar-refractivity contribution in [2.75, 3.05) is 11.4 Å². The van der Waals surface area contributed by atoms with Crippen LogP contribution in [0.1, 0.15) is 23.1 Å². The number of nitro benzene ring substituents is 1. The predicted molar refractivity (Wildman–Crippen MR) is 99.8 cm³/mol. The SMILES string of the molecule is Cc1ccc(N2C[C@H](C(=O)Oc3c(C)cccc3C)CC2=O)cc1[N+](=O)[O-]. The van der Waals surface area contributed by atoms with Gasteiger partial charge in [0.05, 0.1) is 16.5 Å². The number of carbonyl (C=O) groups is 2. The van der Waals surface area contributed by atoms with Crippen molar-refractivity contribution < 1.29 is 19.2 Å². The van der Waals surface area contributed by atoms with Crippen molar-refractivity contribution in [1.82, 2.24) is 0 Å². The average molecular weight is 368 g/mol. The van der Waals surface area contributed by atoms with Crippen LogP contribution in [-0.4, -0.2) is 23.3 Å². The van der Waals surface area contributed by atoms with Crippen molar-refractivity contribution in [2.24, 2.45) is 5.92 Å². The first kappa shape index (κ1) is 18.6. The summed E-state index contributed by atoms with van der Waals surface area (Å²) in [7, 11) is 0. The zero-order chi connectivity index (χ0) is 19.7. The number of aryl methyl sites for hydroxylation is 3. The number of hydrogen-bond donors (Lipinski definition) is 0. The van der Waals surface area contributed by atoms with E-state index in [9.17, 15) is 19.7 Å². The number of anilines is 1. The van der Waals surface area contributed by atoms with Crippen LogP contribution in [0.2, 0.25) is 0 Å². The molecule has 0 unspecified atom stereocenters. The molecule has 1 saturated heterocycles. The highest BCUT2D eigenvalue weighted by molar-refractivity contribution is 6.00. The summed E-state index contributed by atoms with van der Waals surface area (Å²) in [6.07, 6.45) is 0.0193. The van der Waals surface area contributed by atoms with Crippen molar-refractivity contribution in [3.63, 3.8) is 0 Å². The molecule has 1 amide bonds. The molecule has 1 fully saturated rings. The van der Waals surface area contributed by atoms with E-state index >= 15 is 0 Å². The van der Waals surface area contributed by atoms with Crippen molar-refractivity contribution in [2.45, 2.75) is 27.2 Å². The summed E-state index contributed by atoms with van der Waals surface area (Å²) >= 11 is 0. The number of nitro groups is 1. The normalized spacial score (nSPS) is 16.5. The van der Waals surface area contributed by atoms with Gasteiger partial charge in [0.1, 0.15) is 5.75 Å². The van der Waals surface area contributed by atoms with Gasteiger partial charge in [0.2, 0.25) is 5.91 Å². The second kappa shape index (κ2) is 7.19. The third-order valence-corrected chi connectivity index (χ3v) is 4.77. The van der Waals surface area contributed by atoms with Crippen molar-refractivity contribution in [3.8, 4) is 5.75 Å². The summed E-state index contributed by atoms with van der Waals surface area (Å²) in [4.78, 5) is 37.0. The molecule has 2 aromatic rings. The number of rotatable bonds is 4. The Kier molecular flexibility index (Phi) is 4.94. The van der Waals surface area contributed by atoms with Gasteiger partial charge < -0.3 is 9.64 Å². The quantitative estimate of drug-likeness (QED) is 0.357. The standard InChI is InChI=1S/C20H20N2O5/c1-12-7-8-16(10-17(12)22(25)26)21-11-15(9-18(21)23)20(24)27-19-13(2)5-4-6-14(19)3/h4-8,10,15H,9,11H2,1-3H3/t15-/m1/s1. The van der Waals surface area contributed by atoms with Gasteiger partial charge >= 0.3 is 5.97 Å². The number of benzene rings is 2. The van der Waals surface area contributed by atoms with E-state index in [4.69, 9.17) is 4.74 Å². The van der Waals surface area contributed by atoms with Crippen LogP contribution < -0.4 is 9.64 Å². The van der Waals surface area contributed by atoms with Gasteiger partial charge in [-0.25, -0.2) is 0 Å². The molecule has 0 saturated carbocycles. The number of amides is 1. The Morgan fingerprint density at radius 1 is 1.15 bits per heavy atom. The van der Waals surface area contributed by atoms with Crippen LogP contribution in [0.5, 0.6) is 5.75 Å². The lowest BCUT2D eigenvalue weighted by atomic mass is 10.1. The third-order valence-electron chi connectivity index (χ3n) is 4.77. The van der Waals surface area contributed by atoms with Crippen LogP contribution in [0.25, 0.3) is 0 Å². The lowest BCUT2D eigenvalue weighted by molar-refractivity contribution is -0.385. The minimum absolute atomic E-state index is 0.0193. The number of carbonyl (C=O) groups excluding carboxylic acids is 2. The number of nitrogens with zero attached hydrogens (tertiary/aromatic N) is 2. The highest BCUT2D eigenvalue weighted by atomic mass is 16.6.